The Morgan fingerprint density at radius 2 is 1.78 bits per heavy atom. The first-order valence-corrected chi connectivity index (χ1v) is 9.52. The van der Waals surface area contributed by atoms with Gasteiger partial charge >= 0.3 is 0 Å². The van der Waals surface area contributed by atoms with Crippen LogP contribution in [0.5, 0.6) is 0 Å². The van der Waals surface area contributed by atoms with Gasteiger partial charge < -0.3 is 21.3 Å². The topological polar surface area (TPSA) is 97.9 Å². The third-order valence-electron chi connectivity index (χ3n) is 4.27. The molecule has 1 rings (SSSR count). The maximum Gasteiger partial charge on any atom is 0.233 e. The van der Waals surface area contributed by atoms with Crippen LogP contribution in [0.25, 0.3) is 0 Å². The monoisotopic (exact) mass is 496 g/mol. The maximum atomic E-state index is 11.9. The lowest BCUT2D eigenvalue weighted by Gasteiger charge is -2.32. The number of hydrogen-bond acceptors (Lipinski definition) is 4. The summed E-state index contributed by atoms with van der Waals surface area (Å²) in [6.07, 6.45) is 1.95. The van der Waals surface area contributed by atoms with Crippen LogP contribution < -0.4 is 21.3 Å². The van der Waals surface area contributed by atoms with Gasteiger partial charge in [0.05, 0.1) is 13.1 Å². The van der Waals surface area contributed by atoms with E-state index in [1.165, 1.54) is 0 Å². The number of aliphatic imine (C=N–C) groups is 1. The fourth-order valence-corrected chi connectivity index (χ4v) is 2.63. The molecular weight excluding hydrogens is 459 g/mol. The first-order valence-electron chi connectivity index (χ1n) is 9.52. The van der Waals surface area contributed by atoms with Crippen molar-refractivity contribution in [3.63, 3.8) is 0 Å². The number of guanidine groups is 1. The predicted octanol–water partition coefficient (Wildman–Crippen LogP) is 0.532. The van der Waals surface area contributed by atoms with Crippen LogP contribution in [0.2, 0.25) is 0 Å². The van der Waals surface area contributed by atoms with Crippen LogP contribution >= 0.6 is 24.0 Å². The van der Waals surface area contributed by atoms with Crippen LogP contribution in [0.15, 0.2) is 4.99 Å². The molecule has 2 amide bonds. The van der Waals surface area contributed by atoms with Crippen molar-refractivity contribution >= 4 is 41.8 Å². The molecule has 0 unspecified atom stereocenters. The minimum atomic E-state index is -0.380. The molecule has 0 atom stereocenters. The molecule has 27 heavy (non-hydrogen) atoms. The van der Waals surface area contributed by atoms with E-state index in [4.69, 9.17) is 0 Å². The molecule has 0 aliphatic carbocycles. The van der Waals surface area contributed by atoms with Crippen molar-refractivity contribution in [3.8, 4) is 0 Å². The summed E-state index contributed by atoms with van der Waals surface area (Å²) < 4.78 is 0. The van der Waals surface area contributed by atoms with Crippen molar-refractivity contribution in [2.75, 3.05) is 46.3 Å². The second-order valence-electron chi connectivity index (χ2n) is 7.63. The van der Waals surface area contributed by atoms with Crippen molar-refractivity contribution in [1.29, 1.82) is 0 Å². The number of rotatable bonds is 7. The van der Waals surface area contributed by atoms with Crippen LogP contribution in [0.4, 0.5) is 0 Å². The van der Waals surface area contributed by atoms with E-state index in [0.717, 1.165) is 38.4 Å². The number of amides is 2. The quantitative estimate of drug-likeness (QED) is 0.179. The Morgan fingerprint density at radius 3 is 2.30 bits per heavy atom. The number of carbonyl (C=O) groups excluding carboxylic acids is 2. The first kappa shape index (κ1) is 25.9. The summed E-state index contributed by atoms with van der Waals surface area (Å²) in [5, 5.41) is 12.3. The maximum absolute atomic E-state index is 11.9. The van der Waals surface area contributed by atoms with Gasteiger partial charge in [0.1, 0.15) is 0 Å². The highest BCUT2D eigenvalue weighted by Crippen LogP contribution is 2.12. The Balaban J connectivity index is 0.00000676. The Kier molecular flexibility index (Phi) is 12.6. The molecule has 1 fully saturated rings. The zero-order valence-electron chi connectivity index (χ0n) is 17.4. The third-order valence-corrected chi connectivity index (χ3v) is 4.27. The van der Waals surface area contributed by atoms with Gasteiger partial charge in [0.25, 0.3) is 0 Å². The molecule has 1 aliphatic heterocycles. The molecule has 1 heterocycles. The smallest absolute Gasteiger partial charge is 0.233 e. The van der Waals surface area contributed by atoms with Gasteiger partial charge in [0.2, 0.25) is 11.8 Å². The lowest BCUT2D eigenvalue weighted by molar-refractivity contribution is -0.128. The fraction of sp³-hybridized carbons (Fsp3) is 0.833. The number of halogens is 1. The van der Waals surface area contributed by atoms with E-state index in [9.17, 15) is 9.59 Å². The van der Waals surface area contributed by atoms with Gasteiger partial charge in [0.15, 0.2) is 5.96 Å². The van der Waals surface area contributed by atoms with Crippen molar-refractivity contribution in [2.45, 2.75) is 46.6 Å². The zero-order chi connectivity index (χ0) is 19.6. The molecule has 0 aromatic carbocycles. The Bertz CT molecular complexity index is 485. The van der Waals surface area contributed by atoms with Crippen molar-refractivity contribution in [2.24, 2.45) is 10.4 Å². The summed E-state index contributed by atoms with van der Waals surface area (Å²) in [6, 6.07) is 0.345. The third kappa shape index (κ3) is 10.7. The molecule has 0 saturated carbocycles. The fourth-order valence-electron chi connectivity index (χ4n) is 2.63. The summed E-state index contributed by atoms with van der Waals surface area (Å²) >= 11 is 0. The highest BCUT2D eigenvalue weighted by Gasteiger charge is 2.22. The summed E-state index contributed by atoms with van der Waals surface area (Å²) in [5.74, 6) is 0.875. The van der Waals surface area contributed by atoms with E-state index in [-0.39, 0.29) is 41.2 Å². The molecule has 1 aliphatic rings. The van der Waals surface area contributed by atoms with Gasteiger partial charge in [-0.1, -0.05) is 20.8 Å². The number of hydrogen-bond donors (Lipinski definition) is 4. The van der Waals surface area contributed by atoms with Gasteiger partial charge in [-0.2, -0.15) is 0 Å². The average molecular weight is 496 g/mol. The molecule has 0 radical (unpaired) electrons. The lowest BCUT2D eigenvalue weighted by atomic mass is 9.96. The SMILES string of the molecule is CCNC(=NCCNC(=O)C(C)(C)C)NC1CCN(CC(=O)NC)CC1.I. The summed E-state index contributed by atoms with van der Waals surface area (Å²) in [6.45, 7) is 11.8. The minimum absolute atomic E-state index is 0. The summed E-state index contributed by atoms with van der Waals surface area (Å²) in [7, 11) is 1.67. The average Bonchev–Trinajstić information content (AvgIpc) is 2.59. The highest BCUT2D eigenvalue weighted by molar-refractivity contribution is 14.0. The van der Waals surface area contributed by atoms with E-state index < -0.39 is 0 Å². The molecule has 0 spiro atoms. The standard InChI is InChI=1S/C18H36N6O2.HI/c1-6-20-17(22-10-9-21-16(26)18(2,3)4)23-14-7-11-24(12-8-14)13-15(25)19-5;/h14H,6-13H2,1-5H3,(H,19,25)(H,21,26)(H2,20,22,23);1H. The molecule has 0 aromatic rings. The second kappa shape index (κ2) is 13.1. The normalized spacial score (nSPS) is 16.3. The van der Waals surface area contributed by atoms with E-state index in [1.807, 2.05) is 27.7 Å². The number of likely N-dealkylation sites (tertiary alicyclic amines) is 1. The van der Waals surface area contributed by atoms with Gasteiger partial charge in [-0.05, 0) is 19.8 Å². The number of nitrogens with zero attached hydrogens (tertiary/aromatic N) is 2. The molecule has 4 N–H and O–H groups in total. The summed E-state index contributed by atoms with van der Waals surface area (Å²) in [4.78, 5) is 30.0. The Labute approximate surface area is 180 Å². The van der Waals surface area contributed by atoms with Gasteiger partial charge in [-0.25, -0.2) is 0 Å². The van der Waals surface area contributed by atoms with Gasteiger partial charge in [0, 0.05) is 44.7 Å². The number of piperidine rings is 1. The van der Waals surface area contributed by atoms with Crippen LogP contribution in [0.1, 0.15) is 40.5 Å². The van der Waals surface area contributed by atoms with E-state index in [2.05, 4.69) is 31.2 Å². The second-order valence-corrected chi connectivity index (χ2v) is 7.63. The highest BCUT2D eigenvalue weighted by atomic mass is 127. The lowest BCUT2D eigenvalue weighted by Crippen LogP contribution is -2.50. The Morgan fingerprint density at radius 1 is 1.15 bits per heavy atom. The largest absolute Gasteiger partial charge is 0.358 e. The van der Waals surface area contributed by atoms with Crippen LogP contribution in [0.3, 0.4) is 0 Å². The molecule has 0 bridgehead atoms. The molecule has 9 heteroatoms. The Hall–Kier alpha value is -1.10. The van der Waals surface area contributed by atoms with Crippen molar-refractivity contribution in [3.05, 3.63) is 0 Å². The molecule has 0 aromatic heterocycles. The molecular formula is C18H37IN6O2. The van der Waals surface area contributed by atoms with Gasteiger partial charge in [-0.15, -0.1) is 24.0 Å². The minimum Gasteiger partial charge on any atom is -0.358 e. The van der Waals surface area contributed by atoms with E-state index in [0.29, 0.717) is 25.7 Å². The van der Waals surface area contributed by atoms with Crippen LogP contribution in [0, 0.1) is 5.41 Å². The molecule has 158 valence electrons. The van der Waals surface area contributed by atoms with E-state index >= 15 is 0 Å². The predicted molar refractivity (Wildman–Crippen MR) is 121 cm³/mol. The van der Waals surface area contributed by atoms with Crippen LogP contribution in [-0.2, 0) is 9.59 Å². The summed E-state index contributed by atoms with van der Waals surface area (Å²) in [5.41, 5.74) is -0.380. The van der Waals surface area contributed by atoms with Crippen molar-refractivity contribution in [1.82, 2.24) is 26.2 Å². The molecule has 1 saturated heterocycles. The number of carbonyl (C=O) groups is 2. The molecule has 8 nitrogen and oxygen atoms in total. The number of likely N-dealkylation sites (N-methyl/N-ethyl adjacent to an activating group) is 1. The van der Waals surface area contributed by atoms with E-state index in [1.54, 1.807) is 7.05 Å². The zero-order valence-corrected chi connectivity index (χ0v) is 19.7. The van der Waals surface area contributed by atoms with Gasteiger partial charge in [-0.3, -0.25) is 19.5 Å². The first-order chi connectivity index (χ1) is 12.3. The number of nitrogens with one attached hydrogen (secondary N) is 4. The van der Waals surface area contributed by atoms with Crippen molar-refractivity contribution < 1.29 is 9.59 Å². The van der Waals surface area contributed by atoms with Crippen LogP contribution in [-0.4, -0.2) is 75.0 Å².